The summed E-state index contributed by atoms with van der Waals surface area (Å²) in [5.74, 6) is -1.66. The highest BCUT2D eigenvalue weighted by Gasteiger charge is 2.42. The molecule has 95 heavy (non-hydrogen) atoms. The molecule has 524 valence electrons. The number of rotatable bonds is 34. The van der Waals surface area contributed by atoms with Crippen LogP contribution >= 0.6 is 0 Å². The summed E-state index contributed by atoms with van der Waals surface area (Å²) in [7, 11) is 0.0167. The molecular weight excluding hydrogens is 1250 g/mol. The average molecular weight is 1360 g/mol. The molecule has 0 spiro atoms. The molecule has 2 aliphatic heterocycles. The molecule has 5 rings (SSSR count). The zero-order chi connectivity index (χ0) is 70.6. The van der Waals surface area contributed by atoms with Crippen LogP contribution in [0, 0.1) is 5.92 Å². The van der Waals surface area contributed by atoms with E-state index in [2.05, 4.69) is 114 Å². The molecule has 3 aromatic carbocycles. The molecule has 0 aliphatic carbocycles. The van der Waals surface area contributed by atoms with Crippen molar-refractivity contribution >= 4 is 75.4 Å². The Morgan fingerprint density at radius 1 is 0.621 bits per heavy atom. The van der Waals surface area contributed by atoms with Crippen LogP contribution in [0.1, 0.15) is 114 Å². The summed E-state index contributed by atoms with van der Waals surface area (Å²) in [4.78, 5) is 98.9. The number of hydrogen-bond donors (Lipinski definition) is 5. The fraction of sp³-hybridized carbons (Fsp3) is 0.551. The molecule has 3 aromatic rings. The maximum atomic E-state index is 14.9. The molecule has 2 aliphatic rings. The van der Waals surface area contributed by atoms with E-state index in [-0.39, 0.29) is 144 Å². The zero-order valence-electron chi connectivity index (χ0n) is 58.6. The highest BCUT2D eigenvalue weighted by atomic mass is 28.4. The van der Waals surface area contributed by atoms with Gasteiger partial charge in [0.25, 0.3) is 11.8 Å². The maximum Gasteiger partial charge on any atom is 0.411 e. The van der Waals surface area contributed by atoms with Crippen molar-refractivity contribution in [1.82, 2.24) is 20.4 Å². The second kappa shape index (κ2) is 35.3. The van der Waals surface area contributed by atoms with E-state index in [1.165, 1.54) is 51.5 Å². The van der Waals surface area contributed by atoms with E-state index in [4.69, 9.17) is 46.7 Å². The molecule has 0 unspecified atom stereocenters. The summed E-state index contributed by atoms with van der Waals surface area (Å²) < 4.78 is 58.6. The van der Waals surface area contributed by atoms with Crippen molar-refractivity contribution in [3.63, 3.8) is 0 Å². The molecule has 5 N–H and O–H groups in total. The van der Waals surface area contributed by atoms with E-state index in [0.717, 1.165) is 11.1 Å². The van der Waals surface area contributed by atoms with Gasteiger partial charge in [0.15, 0.2) is 39.6 Å². The van der Waals surface area contributed by atoms with Gasteiger partial charge in [0, 0.05) is 50.9 Å². The van der Waals surface area contributed by atoms with Gasteiger partial charge in [-0.25, -0.2) is 9.59 Å². The number of hydrogen-bond acceptors (Lipinski definition) is 17. The number of carbonyl (C=O) groups is 7. The molecule has 0 aromatic heterocycles. The zero-order valence-corrected chi connectivity index (χ0v) is 60.6. The first kappa shape index (κ1) is 77.9. The summed E-state index contributed by atoms with van der Waals surface area (Å²) in [6.45, 7) is 40.5. The second-order valence-corrected chi connectivity index (χ2v) is 36.8. The number of likely N-dealkylation sites (tertiary alicyclic amines) is 2. The number of amides is 7. The lowest BCUT2D eigenvalue weighted by atomic mass is 10.0. The third-order valence-electron chi connectivity index (χ3n) is 17.3. The van der Waals surface area contributed by atoms with Crippen molar-refractivity contribution in [2.75, 3.05) is 103 Å². The molecule has 7 amide bonds. The minimum atomic E-state index is -2.23. The van der Waals surface area contributed by atoms with Crippen LogP contribution in [-0.2, 0) is 48.8 Å². The largest absolute Gasteiger partial charge is 0.493 e. The van der Waals surface area contributed by atoms with E-state index < -0.39 is 58.6 Å². The van der Waals surface area contributed by atoms with Gasteiger partial charge in [-0.2, -0.15) is 0 Å². The summed E-state index contributed by atoms with van der Waals surface area (Å²) >= 11 is 0. The van der Waals surface area contributed by atoms with E-state index in [1.807, 2.05) is 0 Å². The Morgan fingerprint density at radius 3 is 1.55 bits per heavy atom. The average Bonchev–Trinajstić information content (AvgIpc) is 1.78. The minimum absolute atomic E-state index is 0.0384. The van der Waals surface area contributed by atoms with E-state index >= 15 is 0 Å². The van der Waals surface area contributed by atoms with Gasteiger partial charge in [-0.1, -0.05) is 104 Å². The first-order valence-corrected chi connectivity index (χ1v) is 37.9. The van der Waals surface area contributed by atoms with Gasteiger partial charge >= 0.3 is 12.2 Å². The Balaban J connectivity index is 1.32. The molecule has 2 saturated heterocycles. The number of carbonyl (C=O) groups excluding carboxylic acids is 7. The molecular formula is C69H103N7O17Si2. The number of ether oxygens (including phenoxy) is 8. The molecule has 2 heterocycles. The smallest absolute Gasteiger partial charge is 0.411 e. The number of methoxy groups -OCH3 is 3. The van der Waals surface area contributed by atoms with E-state index in [0.29, 0.717) is 50.5 Å². The summed E-state index contributed by atoms with van der Waals surface area (Å²) in [5, 5.41) is 13.5. The fourth-order valence-electron chi connectivity index (χ4n) is 9.60. The van der Waals surface area contributed by atoms with Gasteiger partial charge in [-0.05, 0) is 91.8 Å². The van der Waals surface area contributed by atoms with E-state index in [1.54, 1.807) is 55.0 Å². The van der Waals surface area contributed by atoms with Crippen molar-refractivity contribution < 1.29 is 80.3 Å². The quantitative estimate of drug-likeness (QED) is 0.0211. The van der Waals surface area contributed by atoms with Crippen LogP contribution in [0.5, 0.6) is 23.0 Å². The number of anilines is 3. The number of nitrogens with one attached hydrogen (secondary N) is 5. The summed E-state index contributed by atoms with van der Waals surface area (Å²) in [6, 6.07) is 10.0. The van der Waals surface area contributed by atoms with Crippen LogP contribution in [0.4, 0.5) is 26.7 Å². The minimum Gasteiger partial charge on any atom is -0.493 e. The SMILES string of the molecule is C=CCOC(=O)Nc1cc(OCCCOc2cc(NC(=O)OCc3ccc(NC(=O)[C@H](C)NC(=O)[C@@H](NC(=O)CCOCCOC)C(C)C)cc3)c(C(=O)N3CC(=C)C[C@@H]3CO[Si](C)(C)C(C)(C)C)cc2OC)c(OC)cc1C(=O)N1CC(=C)C[C@@H]1CO[Si](C)(C)C(C)(C)C. The van der Waals surface area contributed by atoms with Gasteiger partial charge in [0.1, 0.15) is 25.3 Å². The predicted molar refractivity (Wildman–Crippen MR) is 371 cm³/mol. The van der Waals surface area contributed by atoms with Crippen molar-refractivity contribution in [3.8, 4) is 23.0 Å². The van der Waals surface area contributed by atoms with Crippen LogP contribution in [0.25, 0.3) is 0 Å². The number of nitrogens with zero attached hydrogens (tertiary/aromatic N) is 2. The van der Waals surface area contributed by atoms with Gasteiger partial charge in [0.2, 0.25) is 17.7 Å². The highest BCUT2D eigenvalue weighted by Crippen LogP contribution is 2.41. The van der Waals surface area contributed by atoms with Crippen molar-refractivity contribution in [3.05, 3.63) is 102 Å². The molecule has 4 atom stereocenters. The summed E-state index contributed by atoms with van der Waals surface area (Å²) in [5.41, 5.74) is 3.09. The first-order chi connectivity index (χ1) is 44.6. The Bertz CT molecular complexity index is 3200. The second-order valence-electron chi connectivity index (χ2n) is 27.1. The van der Waals surface area contributed by atoms with Crippen LogP contribution in [0.15, 0.2) is 85.5 Å². The van der Waals surface area contributed by atoms with Gasteiger partial charge in [-0.3, -0.25) is 34.6 Å². The standard InChI is InChI=1S/C69H103N7O17Si2/c1-20-27-90-66(82)72-54-37-58(56(85-14)35-52(54)64(80)75-39-45(4)33-50(75)42-92-94(16,17)68(7,8)9)88-28-21-29-89-59-38-55(53(36-57(59)86-15)65(81)76-40-46(5)34-51(76)43-93-95(18,19)69(10,11)12)73-67(83)91-41-48-22-24-49(25-23-48)71-62(78)47(6)70-63(79)61(44(2)3)74-60(77)26-30-87-32-31-84-13/h20,22-25,35-38,44,47,50-51,61H,1,4-5,21,26-34,39-43H2,2-3,6-19H3,(H,70,79)(H,71,78)(H,72,82)(H,73,83)(H,74,77)/t47-,50+,51+,61-/m0/s1. The Kier molecular flexibility index (Phi) is 29.0. The van der Waals surface area contributed by atoms with Gasteiger partial charge in [-0.15, -0.1) is 0 Å². The van der Waals surface area contributed by atoms with Gasteiger partial charge < -0.3 is 72.5 Å². The molecule has 24 nitrogen and oxygen atoms in total. The Labute approximate surface area is 563 Å². The lowest BCUT2D eigenvalue weighted by Gasteiger charge is -2.38. The van der Waals surface area contributed by atoms with Crippen molar-refractivity contribution in [1.29, 1.82) is 0 Å². The summed E-state index contributed by atoms with van der Waals surface area (Å²) in [6.07, 6.45) is 1.11. The molecule has 0 saturated carbocycles. The highest BCUT2D eigenvalue weighted by molar-refractivity contribution is 6.74. The Morgan fingerprint density at radius 2 is 1.11 bits per heavy atom. The molecule has 0 radical (unpaired) electrons. The van der Waals surface area contributed by atoms with Crippen molar-refractivity contribution in [2.24, 2.45) is 5.92 Å². The lowest BCUT2D eigenvalue weighted by Crippen LogP contribution is -2.53. The molecule has 26 heteroatoms. The van der Waals surface area contributed by atoms with Crippen LogP contribution in [-0.4, -0.2) is 180 Å². The topological polar surface area (TPSA) is 278 Å². The number of benzene rings is 3. The fourth-order valence-corrected chi connectivity index (χ4v) is 11.7. The maximum absolute atomic E-state index is 14.9. The monoisotopic (exact) mass is 1360 g/mol. The van der Waals surface area contributed by atoms with Crippen molar-refractivity contribution in [2.45, 2.75) is 155 Å². The van der Waals surface area contributed by atoms with Crippen LogP contribution < -0.4 is 45.5 Å². The van der Waals surface area contributed by atoms with Crippen LogP contribution in [0.3, 0.4) is 0 Å². The predicted octanol–water partition coefficient (Wildman–Crippen LogP) is 11.3. The first-order valence-electron chi connectivity index (χ1n) is 32.1. The molecule has 0 bridgehead atoms. The Hall–Kier alpha value is -7.76. The third-order valence-corrected chi connectivity index (χ3v) is 26.3. The molecule has 2 fully saturated rings. The normalized spacial score (nSPS) is 15.8. The van der Waals surface area contributed by atoms with E-state index in [9.17, 15) is 33.6 Å². The van der Waals surface area contributed by atoms with Gasteiger partial charge in [0.05, 0.1) is 95.1 Å². The lowest BCUT2D eigenvalue weighted by molar-refractivity contribution is -0.132. The third kappa shape index (κ3) is 22.7. The van der Waals surface area contributed by atoms with Crippen LogP contribution in [0.2, 0.25) is 36.3 Å².